The van der Waals surface area contributed by atoms with E-state index in [0.29, 0.717) is 35.7 Å². The Labute approximate surface area is 227 Å². The topological polar surface area (TPSA) is 93.1 Å². The van der Waals surface area contributed by atoms with Gasteiger partial charge in [0, 0.05) is 36.1 Å². The number of fused-ring (bicyclic) bond motifs is 1. The molecule has 7 nitrogen and oxygen atoms in total. The molecule has 1 aliphatic heterocycles. The molecule has 0 bridgehead atoms. The van der Waals surface area contributed by atoms with Crippen molar-refractivity contribution in [2.45, 2.75) is 87.0 Å². The van der Waals surface area contributed by atoms with Crippen LogP contribution in [0.5, 0.6) is 17.2 Å². The highest BCUT2D eigenvalue weighted by atomic mass is 16.5. The van der Waals surface area contributed by atoms with Crippen LogP contribution in [-0.2, 0) is 9.59 Å². The van der Waals surface area contributed by atoms with Crippen LogP contribution in [0.2, 0.25) is 0 Å². The third-order valence-corrected chi connectivity index (χ3v) is 7.68. The van der Waals surface area contributed by atoms with Crippen LogP contribution in [0.3, 0.4) is 0 Å². The van der Waals surface area contributed by atoms with E-state index in [4.69, 9.17) is 9.47 Å². The van der Waals surface area contributed by atoms with Crippen LogP contribution in [-0.4, -0.2) is 53.6 Å². The fourth-order valence-corrected chi connectivity index (χ4v) is 5.40. The molecule has 1 aromatic rings. The van der Waals surface area contributed by atoms with Crippen LogP contribution in [0, 0.1) is 17.3 Å². The summed E-state index contributed by atoms with van der Waals surface area (Å²) in [4.78, 5) is 42.1. The van der Waals surface area contributed by atoms with Gasteiger partial charge in [-0.15, -0.1) is 0 Å². The van der Waals surface area contributed by atoms with Gasteiger partial charge in [0.1, 0.15) is 28.6 Å². The van der Waals surface area contributed by atoms with Gasteiger partial charge in [-0.05, 0) is 51.6 Å². The lowest BCUT2D eigenvalue weighted by Gasteiger charge is -2.38. The van der Waals surface area contributed by atoms with Gasteiger partial charge in [0.05, 0.1) is 18.4 Å². The Hall–Kier alpha value is -2.67. The van der Waals surface area contributed by atoms with E-state index in [9.17, 15) is 19.5 Å². The summed E-state index contributed by atoms with van der Waals surface area (Å²) in [7, 11) is 0. The van der Waals surface area contributed by atoms with Crippen molar-refractivity contribution in [1.82, 2.24) is 4.90 Å². The number of allylic oxidation sites excluding steroid dienone is 2. The summed E-state index contributed by atoms with van der Waals surface area (Å²) in [6.07, 6.45) is 1.62. The molecule has 2 aliphatic rings. The second kappa shape index (κ2) is 12.0. The van der Waals surface area contributed by atoms with Crippen LogP contribution in [0.1, 0.15) is 103 Å². The third-order valence-electron chi connectivity index (χ3n) is 7.68. The van der Waals surface area contributed by atoms with E-state index in [1.165, 1.54) is 0 Å². The van der Waals surface area contributed by atoms with Gasteiger partial charge >= 0.3 is 0 Å². The average Bonchev–Trinajstić information content (AvgIpc) is 2.81. The van der Waals surface area contributed by atoms with Gasteiger partial charge in [-0.2, -0.15) is 0 Å². The lowest BCUT2D eigenvalue weighted by atomic mass is 9.67. The number of benzene rings is 1. The van der Waals surface area contributed by atoms with Crippen LogP contribution < -0.4 is 9.47 Å². The number of ether oxygens (including phenoxy) is 2. The molecule has 38 heavy (non-hydrogen) atoms. The predicted octanol–water partition coefficient (Wildman–Crippen LogP) is 6.08. The number of ketones is 3. The monoisotopic (exact) mass is 527 g/mol. The van der Waals surface area contributed by atoms with E-state index >= 15 is 0 Å². The lowest BCUT2D eigenvalue weighted by Crippen LogP contribution is -2.42. The maximum Gasteiger partial charge on any atom is 0.175 e. The molecule has 1 aromatic carbocycles. The molecule has 0 saturated heterocycles. The number of phenols is 1. The summed E-state index contributed by atoms with van der Waals surface area (Å²) in [6, 6.07) is 1.67. The van der Waals surface area contributed by atoms with Crippen molar-refractivity contribution in [1.29, 1.82) is 0 Å². The number of carbonyl (C=O) groups is 3. The van der Waals surface area contributed by atoms with Crippen LogP contribution >= 0.6 is 0 Å². The van der Waals surface area contributed by atoms with Crippen molar-refractivity contribution < 1.29 is 29.0 Å². The molecule has 1 heterocycles. The first-order chi connectivity index (χ1) is 17.8. The number of carbonyl (C=O) groups excluding carboxylic acids is 3. The second-order valence-corrected chi connectivity index (χ2v) is 11.9. The molecular weight excluding hydrogens is 482 g/mol. The van der Waals surface area contributed by atoms with E-state index in [-0.39, 0.29) is 59.1 Å². The fourth-order valence-electron chi connectivity index (χ4n) is 5.40. The number of hydrogen-bond acceptors (Lipinski definition) is 7. The fraction of sp³-hybridized carbons (Fsp3) is 0.645. The van der Waals surface area contributed by atoms with Gasteiger partial charge in [0.15, 0.2) is 17.3 Å². The van der Waals surface area contributed by atoms with Gasteiger partial charge in [0.2, 0.25) is 0 Å². The standard InChI is InChI=1S/C31H45NO6/c1-9-32(10-2)12-11-13-37-22-16-23-26(29(35)28(22)21(33)15-19(5)6)20(14-18(3)4)27-24(38-23)17-25(34)31(7,8)30(27)36/h16,18-20,35H,9-15,17H2,1-8H3. The van der Waals surface area contributed by atoms with Crippen molar-refractivity contribution in [3.05, 3.63) is 28.5 Å². The van der Waals surface area contributed by atoms with E-state index in [1.807, 2.05) is 27.7 Å². The molecule has 0 spiro atoms. The smallest absolute Gasteiger partial charge is 0.175 e. The number of Topliss-reactive ketones (excluding diaryl/α,β-unsaturated/α-hetero) is 3. The molecule has 0 fully saturated rings. The van der Waals surface area contributed by atoms with Crippen molar-refractivity contribution in [2.24, 2.45) is 17.3 Å². The molecule has 7 heteroatoms. The zero-order valence-corrected chi connectivity index (χ0v) is 24.4. The maximum atomic E-state index is 13.6. The normalized spacial score (nSPS) is 18.7. The van der Waals surface area contributed by atoms with Gasteiger partial charge < -0.3 is 19.5 Å². The number of rotatable bonds is 12. The van der Waals surface area contributed by atoms with Crippen molar-refractivity contribution in [3.63, 3.8) is 0 Å². The molecule has 1 N–H and O–H groups in total. The summed E-state index contributed by atoms with van der Waals surface area (Å²) in [5.41, 5.74) is -0.116. The summed E-state index contributed by atoms with van der Waals surface area (Å²) in [5, 5.41) is 11.7. The van der Waals surface area contributed by atoms with E-state index in [0.717, 1.165) is 26.1 Å². The summed E-state index contributed by atoms with van der Waals surface area (Å²) in [5.74, 6) is -0.0314. The molecule has 0 radical (unpaired) electrons. The Morgan fingerprint density at radius 2 is 1.82 bits per heavy atom. The minimum atomic E-state index is -1.16. The molecule has 1 atom stereocenters. The van der Waals surface area contributed by atoms with Gasteiger partial charge in [0.25, 0.3) is 0 Å². The zero-order valence-electron chi connectivity index (χ0n) is 24.4. The Balaban J connectivity index is 2.11. The molecule has 210 valence electrons. The van der Waals surface area contributed by atoms with Crippen molar-refractivity contribution >= 4 is 17.3 Å². The van der Waals surface area contributed by atoms with Gasteiger partial charge in [-0.1, -0.05) is 41.5 Å². The Kier molecular flexibility index (Phi) is 9.45. The molecule has 0 aromatic heterocycles. The molecule has 0 saturated carbocycles. The van der Waals surface area contributed by atoms with E-state index in [1.54, 1.807) is 19.9 Å². The van der Waals surface area contributed by atoms with Crippen LogP contribution in [0.15, 0.2) is 17.4 Å². The largest absolute Gasteiger partial charge is 0.507 e. The van der Waals surface area contributed by atoms with Gasteiger partial charge in [-0.25, -0.2) is 0 Å². The molecule has 3 rings (SSSR count). The highest BCUT2D eigenvalue weighted by Gasteiger charge is 2.49. The molecule has 1 aliphatic carbocycles. The first-order valence-corrected chi connectivity index (χ1v) is 14.1. The average molecular weight is 528 g/mol. The second-order valence-electron chi connectivity index (χ2n) is 11.9. The first kappa shape index (κ1) is 29.9. The van der Waals surface area contributed by atoms with Crippen molar-refractivity contribution in [3.8, 4) is 17.2 Å². The SMILES string of the molecule is CCN(CC)CCCOc1cc2c(c(O)c1C(=O)CC(C)C)C(CC(C)C)C1=C(CC(=O)C(C)(C)C1=O)O2. The van der Waals surface area contributed by atoms with Gasteiger partial charge in [-0.3, -0.25) is 14.4 Å². The summed E-state index contributed by atoms with van der Waals surface area (Å²) >= 11 is 0. The first-order valence-electron chi connectivity index (χ1n) is 14.1. The Morgan fingerprint density at radius 1 is 1.16 bits per heavy atom. The van der Waals surface area contributed by atoms with Crippen molar-refractivity contribution in [2.75, 3.05) is 26.2 Å². The number of phenolic OH excluding ortho intramolecular Hbond substituents is 1. The Morgan fingerprint density at radius 3 is 2.39 bits per heavy atom. The van der Waals surface area contributed by atoms with E-state index < -0.39 is 11.3 Å². The number of hydrogen-bond donors (Lipinski definition) is 1. The third kappa shape index (κ3) is 5.98. The summed E-state index contributed by atoms with van der Waals surface area (Å²) in [6.45, 7) is 18.7. The molecular formula is C31H45NO6. The highest BCUT2D eigenvalue weighted by Crippen LogP contribution is 2.54. The summed E-state index contributed by atoms with van der Waals surface area (Å²) < 4.78 is 12.3. The lowest BCUT2D eigenvalue weighted by molar-refractivity contribution is -0.138. The Bertz CT molecular complexity index is 1110. The minimum absolute atomic E-state index is 0.0248. The quantitative estimate of drug-likeness (QED) is 0.200. The minimum Gasteiger partial charge on any atom is -0.507 e. The molecule has 0 amide bonds. The predicted molar refractivity (Wildman–Crippen MR) is 148 cm³/mol. The molecule has 1 unspecified atom stereocenters. The zero-order chi connectivity index (χ0) is 28.4. The highest BCUT2D eigenvalue weighted by molar-refractivity contribution is 6.18. The van der Waals surface area contributed by atoms with E-state index in [2.05, 4.69) is 18.7 Å². The van der Waals surface area contributed by atoms with Crippen LogP contribution in [0.25, 0.3) is 0 Å². The van der Waals surface area contributed by atoms with Crippen LogP contribution in [0.4, 0.5) is 0 Å². The number of aromatic hydroxyl groups is 1. The maximum absolute atomic E-state index is 13.6. The number of nitrogens with zero attached hydrogens (tertiary/aromatic N) is 1.